The van der Waals surface area contributed by atoms with Gasteiger partial charge in [0.15, 0.2) is 9.84 Å². The van der Waals surface area contributed by atoms with E-state index in [1.165, 1.54) is 36.0 Å². The van der Waals surface area contributed by atoms with Crippen molar-refractivity contribution in [3.8, 4) is 0 Å². The molecular weight excluding hydrogens is 337 g/mol. The number of benzene rings is 2. The zero-order chi connectivity index (χ0) is 16.9. The van der Waals surface area contributed by atoms with E-state index in [1.807, 2.05) is 0 Å². The zero-order valence-electron chi connectivity index (χ0n) is 12.5. The van der Waals surface area contributed by atoms with Gasteiger partial charge in [-0.2, -0.15) is 0 Å². The van der Waals surface area contributed by atoms with Crippen molar-refractivity contribution in [2.45, 2.75) is 16.2 Å². The summed E-state index contributed by atoms with van der Waals surface area (Å²) in [4.78, 5) is 12.9. The van der Waals surface area contributed by atoms with Crippen molar-refractivity contribution < 1.29 is 17.6 Å². The van der Waals surface area contributed by atoms with Crippen molar-refractivity contribution in [2.75, 3.05) is 17.3 Å². The molecule has 1 amide bonds. The number of hydrogen-bond acceptors (Lipinski definition) is 4. The van der Waals surface area contributed by atoms with Crippen LogP contribution >= 0.6 is 11.8 Å². The normalized spacial score (nSPS) is 11.2. The Labute approximate surface area is 139 Å². The van der Waals surface area contributed by atoms with Gasteiger partial charge in [0.25, 0.3) is 0 Å². The lowest BCUT2D eigenvalue weighted by molar-refractivity contribution is -0.115. The summed E-state index contributed by atoms with van der Waals surface area (Å²) in [6.45, 7) is 0. The number of nitrogens with one attached hydrogen (secondary N) is 1. The first-order valence-corrected chi connectivity index (χ1v) is 9.70. The summed E-state index contributed by atoms with van der Waals surface area (Å²) in [6, 6.07) is 12.2. The summed E-state index contributed by atoms with van der Waals surface area (Å²) in [5.74, 6) is 0.0478. The Morgan fingerprint density at radius 1 is 1.17 bits per heavy atom. The van der Waals surface area contributed by atoms with Crippen LogP contribution < -0.4 is 5.32 Å². The van der Waals surface area contributed by atoms with Gasteiger partial charge in [0.2, 0.25) is 5.91 Å². The van der Waals surface area contributed by atoms with Gasteiger partial charge < -0.3 is 5.32 Å². The maximum atomic E-state index is 12.8. The number of sulfone groups is 1. The Morgan fingerprint density at radius 3 is 2.52 bits per heavy atom. The van der Waals surface area contributed by atoms with Crippen LogP contribution in [0.1, 0.15) is 6.42 Å². The van der Waals surface area contributed by atoms with Gasteiger partial charge in [-0.3, -0.25) is 4.79 Å². The average molecular weight is 353 g/mol. The monoisotopic (exact) mass is 353 g/mol. The SMILES string of the molecule is CS(=O)(=O)c1cccc(NC(=O)CCSc2ccc(F)cc2)c1. The summed E-state index contributed by atoms with van der Waals surface area (Å²) in [5.41, 5.74) is 0.449. The van der Waals surface area contributed by atoms with Gasteiger partial charge in [-0.1, -0.05) is 6.07 Å². The third-order valence-corrected chi connectivity index (χ3v) is 5.08. The molecule has 0 saturated carbocycles. The molecule has 0 fully saturated rings. The Kier molecular flexibility index (Phi) is 5.79. The fourth-order valence-corrected chi connectivity index (χ4v) is 3.34. The third kappa shape index (κ3) is 5.69. The van der Waals surface area contributed by atoms with E-state index in [4.69, 9.17) is 0 Å². The maximum Gasteiger partial charge on any atom is 0.225 e. The molecule has 4 nitrogen and oxygen atoms in total. The van der Waals surface area contributed by atoms with Crippen LogP contribution in [0.5, 0.6) is 0 Å². The molecule has 23 heavy (non-hydrogen) atoms. The molecule has 0 spiro atoms. The minimum absolute atomic E-state index is 0.163. The quantitative estimate of drug-likeness (QED) is 0.809. The van der Waals surface area contributed by atoms with E-state index in [0.29, 0.717) is 11.4 Å². The van der Waals surface area contributed by atoms with Gasteiger partial charge >= 0.3 is 0 Å². The first-order valence-electron chi connectivity index (χ1n) is 6.83. The molecule has 0 aliphatic rings. The van der Waals surface area contributed by atoms with E-state index in [9.17, 15) is 17.6 Å². The number of halogens is 1. The van der Waals surface area contributed by atoms with Crippen LogP contribution in [0.3, 0.4) is 0 Å². The highest BCUT2D eigenvalue weighted by Crippen LogP contribution is 2.20. The molecule has 1 N–H and O–H groups in total. The molecule has 2 rings (SSSR count). The van der Waals surface area contributed by atoms with Crippen LogP contribution in [0.2, 0.25) is 0 Å². The fourth-order valence-electron chi connectivity index (χ4n) is 1.82. The molecule has 0 bridgehead atoms. The Hall–Kier alpha value is -1.86. The summed E-state index contributed by atoms with van der Waals surface area (Å²) < 4.78 is 35.7. The molecule has 0 radical (unpaired) electrons. The van der Waals surface area contributed by atoms with Crippen LogP contribution in [-0.4, -0.2) is 26.3 Å². The number of anilines is 1. The molecule has 7 heteroatoms. The summed E-state index contributed by atoms with van der Waals surface area (Å²) in [6.07, 6.45) is 1.39. The van der Waals surface area contributed by atoms with Crippen molar-refractivity contribution in [1.29, 1.82) is 0 Å². The average Bonchev–Trinajstić information content (AvgIpc) is 2.49. The Balaban J connectivity index is 1.86. The van der Waals surface area contributed by atoms with E-state index in [0.717, 1.165) is 11.2 Å². The largest absolute Gasteiger partial charge is 0.326 e. The third-order valence-electron chi connectivity index (χ3n) is 2.96. The van der Waals surface area contributed by atoms with E-state index >= 15 is 0 Å². The second-order valence-corrected chi connectivity index (χ2v) is 8.08. The van der Waals surface area contributed by atoms with E-state index < -0.39 is 9.84 Å². The van der Waals surface area contributed by atoms with Crippen LogP contribution in [-0.2, 0) is 14.6 Å². The molecule has 0 heterocycles. The summed E-state index contributed by atoms with van der Waals surface area (Å²) in [5, 5.41) is 2.67. The fraction of sp³-hybridized carbons (Fsp3) is 0.188. The van der Waals surface area contributed by atoms with Crippen molar-refractivity contribution in [3.63, 3.8) is 0 Å². The molecule has 122 valence electrons. The molecule has 0 unspecified atom stereocenters. The van der Waals surface area contributed by atoms with Crippen LogP contribution in [0, 0.1) is 5.82 Å². The molecule has 2 aromatic carbocycles. The molecule has 0 aromatic heterocycles. The van der Waals surface area contributed by atoms with Crippen LogP contribution in [0.25, 0.3) is 0 Å². The van der Waals surface area contributed by atoms with Crippen molar-refractivity contribution in [1.82, 2.24) is 0 Å². The lowest BCUT2D eigenvalue weighted by atomic mass is 10.3. The minimum atomic E-state index is -3.30. The van der Waals surface area contributed by atoms with Gasteiger partial charge in [-0.25, -0.2) is 12.8 Å². The summed E-state index contributed by atoms with van der Waals surface area (Å²) >= 11 is 1.45. The second-order valence-electron chi connectivity index (χ2n) is 4.90. The second kappa shape index (κ2) is 7.61. The smallest absolute Gasteiger partial charge is 0.225 e. The van der Waals surface area contributed by atoms with Gasteiger partial charge in [-0.05, 0) is 42.5 Å². The number of rotatable bonds is 6. The number of hydrogen-bond donors (Lipinski definition) is 1. The molecule has 2 aromatic rings. The first-order chi connectivity index (χ1) is 10.8. The van der Waals surface area contributed by atoms with Crippen molar-refractivity contribution in [3.05, 3.63) is 54.3 Å². The predicted octanol–water partition coefficient (Wildman–Crippen LogP) is 3.35. The van der Waals surface area contributed by atoms with Crippen molar-refractivity contribution >= 4 is 33.2 Å². The van der Waals surface area contributed by atoms with E-state index in [1.54, 1.807) is 24.3 Å². The topological polar surface area (TPSA) is 63.2 Å². The highest BCUT2D eigenvalue weighted by Gasteiger charge is 2.09. The van der Waals surface area contributed by atoms with Gasteiger partial charge in [0.05, 0.1) is 4.90 Å². The lowest BCUT2D eigenvalue weighted by Gasteiger charge is -2.07. The molecule has 0 aliphatic heterocycles. The Bertz CT molecular complexity index is 789. The predicted molar refractivity (Wildman–Crippen MR) is 89.9 cm³/mol. The highest BCUT2D eigenvalue weighted by molar-refractivity contribution is 7.99. The van der Waals surface area contributed by atoms with E-state index in [-0.39, 0.29) is 23.0 Å². The zero-order valence-corrected chi connectivity index (χ0v) is 14.1. The van der Waals surface area contributed by atoms with Crippen LogP contribution in [0.15, 0.2) is 58.3 Å². The number of carbonyl (C=O) groups excluding carboxylic acids is 1. The van der Waals surface area contributed by atoms with Gasteiger partial charge in [0.1, 0.15) is 5.82 Å². The number of carbonyl (C=O) groups is 1. The number of thioether (sulfide) groups is 1. The maximum absolute atomic E-state index is 12.8. The molecule has 0 aliphatic carbocycles. The molecule has 0 saturated heterocycles. The minimum Gasteiger partial charge on any atom is -0.326 e. The molecule has 0 atom stereocenters. The first kappa shape index (κ1) is 17.5. The summed E-state index contributed by atoms with van der Waals surface area (Å²) in [7, 11) is -3.30. The van der Waals surface area contributed by atoms with Gasteiger partial charge in [-0.15, -0.1) is 11.8 Å². The van der Waals surface area contributed by atoms with Crippen molar-refractivity contribution in [2.24, 2.45) is 0 Å². The Morgan fingerprint density at radius 2 is 1.87 bits per heavy atom. The number of amides is 1. The standard InChI is InChI=1S/C16H16FNO3S2/c1-23(20,21)15-4-2-3-13(11-15)18-16(19)9-10-22-14-7-5-12(17)6-8-14/h2-8,11H,9-10H2,1H3,(H,18,19). The lowest BCUT2D eigenvalue weighted by Crippen LogP contribution is -2.12. The van der Waals surface area contributed by atoms with E-state index in [2.05, 4.69) is 5.32 Å². The molecular formula is C16H16FNO3S2. The van der Waals surface area contributed by atoms with Gasteiger partial charge in [0, 0.05) is 29.0 Å². The van der Waals surface area contributed by atoms with Crippen LogP contribution in [0.4, 0.5) is 10.1 Å². The highest BCUT2D eigenvalue weighted by atomic mass is 32.2.